The SMILES string of the molecule is Cn1ccc(-n2cc(C(=O)O)nn2)n1. The maximum absolute atomic E-state index is 10.5. The predicted molar refractivity (Wildman–Crippen MR) is 45.1 cm³/mol. The molecule has 0 aromatic carbocycles. The lowest BCUT2D eigenvalue weighted by molar-refractivity contribution is 0.0690. The first kappa shape index (κ1) is 8.42. The Morgan fingerprint density at radius 3 is 2.86 bits per heavy atom. The number of carboxylic acid groups (broad SMARTS) is 1. The molecule has 0 saturated heterocycles. The molecule has 0 aliphatic heterocycles. The van der Waals surface area contributed by atoms with Gasteiger partial charge in [-0.15, -0.1) is 5.10 Å². The number of carbonyl (C=O) groups is 1. The molecular formula is C7H7N5O2. The third kappa shape index (κ3) is 1.35. The third-order valence-corrected chi connectivity index (χ3v) is 1.65. The number of hydrogen-bond donors (Lipinski definition) is 1. The first-order valence-electron chi connectivity index (χ1n) is 3.82. The molecule has 1 N–H and O–H groups in total. The number of nitrogens with zero attached hydrogens (tertiary/aromatic N) is 5. The van der Waals surface area contributed by atoms with Gasteiger partial charge in [-0.05, 0) is 0 Å². The van der Waals surface area contributed by atoms with E-state index < -0.39 is 5.97 Å². The Hall–Kier alpha value is -2.18. The number of aryl methyl sites for hydroxylation is 1. The first-order valence-corrected chi connectivity index (χ1v) is 3.82. The van der Waals surface area contributed by atoms with Gasteiger partial charge in [0.15, 0.2) is 11.5 Å². The molecule has 0 saturated carbocycles. The maximum atomic E-state index is 10.5. The fourth-order valence-electron chi connectivity index (χ4n) is 0.999. The largest absolute Gasteiger partial charge is 0.476 e. The van der Waals surface area contributed by atoms with Crippen molar-refractivity contribution in [1.82, 2.24) is 24.8 Å². The highest BCUT2D eigenvalue weighted by atomic mass is 16.4. The number of carboxylic acids is 1. The van der Waals surface area contributed by atoms with Gasteiger partial charge in [-0.3, -0.25) is 4.68 Å². The molecule has 0 fully saturated rings. The fraction of sp³-hybridized carbons (Fsp3) is 0.143. The molecule has 2 aromatic heterocycles. The molecule has 0 unspecified atom stereocenters. The molecule has 0 spiro atoms. The van der Waals surface area contributed by atoms with Gasteiger partial charge >= 0.3 is 5.97 Å². The molecule has 7 nitrogen and oxygen atoms in total. The molecule has 0 radical (unpaired) electrons. The van der Waals surface area contributed by atoms with Crippen molar-refractivity contribution in [3.8, 4) is 5.82 Å². The lowest BCUT2D eigenvalue weighted by atomic mass is 10.5. The third-order valence-electron chi connectivity index (χ3n) is 1.65. The van der Waals surface area contributed by atoms with Crippen LogP contribution in [0.15, 0.2) is 18.5 Å². The van der Waals surface area contributed by atoms with Gasteiger partial charge < -0.3 is 5.11 Å². The molecular weight excluding hydrogens is 186 g/mol. The van der Waals surface area contributed by atoms with Gasteiger partial charge in [0.1, 0.15) is 0 Å². The van der Waals surface area contributed by atoms with Crippen molar-refractivity contribution in [3.63, 3.8) is 0 Å². The minimum absolute atomic E-state index is 0.101. The van der Waals surface area contributed by atoms with Gasteiger partial charge in [-0.25, -0.2) is 4.79 Å². The summed E-state index contributed by atoms with van der Waals surface area (Å²) in [5, 5.41) is 19.7. The van der Waals surface area contributed by atoms with Crippen LogP contribution < -0.4 is 0 Å². The molecule has 0 aliphatic carbocycles. The van der Waals surface area contributed by atoms with E-state index in [2.05, 4.69) is 15.4 Å². The second-order valence-electron chi connectivity index (χ2n) is 2.70. The van der Waals surface area contributed by atoms with Crippen LogP contribution >= 0.6 is 0 Å². The molecule has 72 valence electrons. The summed E-state index contributed by atoms with van der Waals surface area (Å²) in [6.07, 6.45) is 3.04. The van der Waals surface area contributed by atoms with E-state index in [0.29, 0.717) is 5.82 Å². The molecule has 2 heterocycles. The molecule has 2 rings (SSSR count). The van der Waals surface area contributed by atoms with Crippen molar-refractivity contribution in [3.05, 3.63) is 24.2 Å². The molecule has 0 aliphatic rings. The van der Waals surface area contributed by atoms with Crippen LogP contribution in [-0.2, 0) is 7.05 Å². The zero-order valence-corrected chi connectivity index (χ0v) is 7.32. The highest BCUT2D eigenvalue weighted by Crippen LogP contribution is 2.02. The standard InChI is InChI=1S/C7H7N5O2/c1-11-3-2-6(9-11)12-4-5(7(13)14)8-10-12/h2-4H,1H3,(H,13,14). The smallest absolute Gasteiger partial charge is 0.358 e. The molecule has 2 aromatic rings. The van der Waals surface area contributed by atoms with Crippen LogP contribution in [0.1, 0.15) is 10.5 Å². The van der Waals surface area contributed by atoms with E-state index in [1.54, 1.807) is 24.0 Å². The second-order valence-corrected chi connectivity index (χ2v) is 2.70. The Morgan fingerprint density at radius 2 is 2.36 bits per heavy atom. The van der Waals surface area contributed by atoms with Gasteiger partial charge in [0.2, 0.25) is 0 Å². The van der Waals surface area contributed by atoms with Crippen LogP contribution in [-0.4, -0.2) is 35.9 Å². The summed E-state index contributed by atoms with van der Waals surface area (Å²) in [6, 6.07) is 1.71. The van der Waals surface area contributed by atoms with E-state index in [-0.39, 0.29) is 5.69 Å². The van der Waals surface area contributed by atoms with Crippen LogP contribution in [0, 0.1) is 0 Å². The average molecular weight is 193 g/mol. The van der Waals surface area contributed by atoms with Crippen LogP contribution in [0.25, 0.3) is 5.82 Å². The maximum Gasteiger partial charge on any atom is 0.358 e. The van der Waals surface area contributed by atoms with E-state index >= 15 is 0 Å². The molecule has 0 bridgehead atoms. The van der Waals surface area contributed by atoms with E-state index in [1.165, 1.54) is 10.9 Å². The minimum atomic E-state index is -1.10. The van der Waals surface area contributed by atoms with E-state index in [4.69, 9.17) is 5.11 Å². The molecule has 7 heteroatoms. The number of hydrogen-bond acceptors (Lipinski definition) is 4. The summed E-state index contributed by atoms with van der Waals surface area (Å²) in [5.41, 5.74) is -0.101. The molecule has 0 atom stereocenters. The minimum Gasteiger partial charge on any atom is -0.476 e. The highest BCUT2D eigenvalue weighted by Gasteiger charge is 2.09. The summed E-state index contributed by atoms with van der Waals surface area (Å²) < 4.78 is 2.90. The van der Waals surface area contributed by atoms with Crippen LogP contribution in [0.4, 0.5) is 0 Å². The van der Waals surface area contributed by atoms with Crippen molar-refractivity contribution in [2.75, 3.05) is 0 Å². The van der Waals surface area contributed by atoms with Gasteiger partial charge in [0, 0.05) is 19.3 Å². The number of aromatic nitrogens is 5. The number of aromatic carboxylic acids is 1. The van der Waals surface area contributed by atoms with Gasteiger partial charge in [-0.2, -0.15) is 9.78 Å². The van der Waals surface area contributed by atoms with E-state index in [0.717, 1.165) is 0 Å². The highest BCUT2D eigenvalue weighted by molar-refractivity contribution is 5.84. The fourth-order valence-corrected chi connectivity index (χ4v) is 0.999. The van der Waals surface area contributed by atoms with Gasteiger partial charge in [0.05, 0.1) is 6.20 Å². The Bertz CT molecular complexity index is 472. The summed E-state index contributed by atoms with van der Waals surface area (Å²) in [7, 11) is 1.76. The lowest BCUT2D eigenvalue weighted by Gasteiger charge is -1.90. The average Bonchev–Trinajstić information content (AvgIpc) is 2.70. The van der Waals surface area contributed by atoms with Crippen molar-refractivity contribution >= 4 is 5.97 Å². The van der Waals surface area contributed by atoms with Crippen molar-refractivity contribution in [2.24, 2.45) is 7.05 Å². The van der Waals surface area contributed by atoms with Crippen molar-refractivity contribution in [1.29, 1.82) is 0 Å². The van der Waals surface area contributed by atoms with E-state index in [1.807, 2.05) is 0 Å². The van der Waals surface area contributed by atoms with Gasteiger partial charge in [0.25, 0.3) is 0 Å². The lowest BCUT2D eigenvalue weighted by Crippen LogP contribution is -1.98. The predicted octanol–water partition coefficient (Wildman–Crippen LogP) is -0.301. The summed E-state index contributed by atoms with van der Waals surface area (Å²) >= 11 is 0. The Kier molecular flexibility index (Phi) is 1.77. The second kappa shape index (κ2) is 2.95. The first-order chi connectivity index (χ1) is 6.66. The molecule has 0 amide bonds. The van der Waals surface area contributed by atoms with Crippen molar-refractivity contribution in [2.45, 2.75) is 0 Å². The van der Waals surface area contributed by atoms with E-state index in [9.17, 15) is 4.79 Å². The van der Waals surface area contributed by atoms with Crippen LogP contribution in [0.3, 0.4) is 0 Å². The molecule has 14 heavy (non-hydrogen) atoms. The van der Waals surface area contributed by atoms with Crippen molar-refractivity contribution < 1.29 is 9.90 Å². The van der Waals surface area contributed by atoms with Crippen LogP contribution in [0.5, 0.6) is 0 Å². The Labute approximate surface area is 78.6 Å². The quantitative estimate of drug-likeness (QED) is 0.707. The normalized spacial score (nSPS) is 10.4. The Morgan fingerprint density at radius 1 is 1.57 bits per heavy atom. The zero-order valence-electron chi connectivity index (χ0n) is 7.32. The summed E-state index contributed by atoms with van der Waals surface area (Å²) in [5.74, 6) is -0.570. The Balaban J connectivity index is 2.38. The monoisotopic (exact) mass is 193 g/mol. The summed E-state index contributed by atoms with van der Waals surface area (Å²) in [4.78, 5) is 10.5. The number of rotatable bonds is 2. The zero-order chi connectivity index (χ0) is 10.1. The topological polar surface area (TPSA) is 85.8 Å². The van der Waals surface area contributed by atoms with Crippen LogP contribution in [0.2, 0.25) is 0 Å². The van der Waals surface area contributed by atoms with Gasteiger partial charge in [-0.1, -0.05) is 5.21 Å². The summed E-state index contributed by atoms with van der Waals surface area (Å²) in [6.45, 7) is 0.